The van der Waals surface area contributed by atoms with Gasteiger partial charge in [-0.05, 0) is 35.7 Å². The highest BCUT2D eigenvalue weighted by molar-refractivity contribution is 6.02. The summed E-state index contributed by atoms with van der Waals surface area (Å²) < 4.78 is 22.0. The fraction of sp³-hybridized carbons (Fsp3) is 0.323. The van der Waals surface area contributed by atoms with Crippen molar-refractivity contribution in [1.29, 1.82) is 0 Å². The van der Waals surface area contributed by atoms with Crippen LogP contribution < -0.4 is 9.47 Å². The van der Waals surface area contributed by atoms with Crippen LogP contribution in [0.3, 0.4) is 0 Å². The number of methoxy groups -OCH3 is 2. The number of esters is 2. The van der Waals surface area contributed by atoms with E-state index in [0.29, 0.717) is 17.1 Å². The molecule has 1 saturated carbocycles. The van der Waals surface area contributed by atoms with Crippen LogP contribution in [0.15, 0.2) is 78.9 Å². The Morgan fingerprint density at radius 1 is 0.821 bits per heavy atom. The van der Waals surface area contributed by atoms with Gasteiger partial charge in [0.1, 0.15) is 19.1 Å². The Labute approximate surface area is 227 Å². The molecule has 39 heavy (non-hydrogen) atoms. The van der Waals surface area contributed by atoms with Crippen LogP contribution in [0, 0.1) is 11.8 Å². The van der Waals surface area contributed by atoms with Crippen LogP contribution in [-0.4, -0.2) is 42.6 Å². The first-order chi connectivity index (χ1) is 18.7. The summed E-state index contributed by atoms with van der Waals surface area (Å²) in [7, 11) is 2.95. The minimum atomic E-state index is -1.78. The number of rotatable bonds is 9. The van der Waals surface area contributed by atoms with E-state index in [9.17, 15) is 19.5 Å². The summed E-state index contributed by atoms with van der Waals surface area (Å²) >= 11 is 0. The number of ether oxygens (including phenoxy) is 4. The Bertz CT molecular complexity index is 1300. The molecule has 1 aliphatic rings. The summed E-state index contributed by atoms with van der Waals surface area (Å²) in [4.78, 5) is 40.5. The maximum atomic E-state index is 13.6. The van der Waals surface area contributed by atoms with Crippen LogP contribution in [0.4, 0.5) is 0 Å². The summed E-state index contributed by atoms with van der Waals surface area (Å²) in [5, 5.41) is 11.4. The van der Waals surface area contributed by atoms with Gasteiger partial charge in [0, 0.05) is 12.3 Å². The van der Waals surface area contributed by atoms with Crippen LogP contribution in [0.1, 0.15) is 36.0 Å². The molecule has 0 bridgehead atoms. The van der Waals surface area contributed by atoms with Crippen LogP contribution in [0.25, 0.3) is 0 Å². The van der Waals surface area contributed by atoms with Crippen molar-refractivity contribution in [1.82, 2.24) is 0 Å². The first-order valence-electron chi connectivity index (χ1n) is 12.6. The van der Waals surface area contributed by atoms with Gasteiger partial charge in [0.2, 0.25) is 0 Å². The van der Waals surface area contributed by atoms with Crippen molar-refractivity contribution in [3.05, 3.63) is 95.6 Å². The monoisotopic (exact) mass is 532 g/mol. The molecule has 1 aliphatic carbocycles. The highest BCUT2D eigenvalue weighted by Crippen LogP contribution is 2.48. The summed E-state index contributed by atoms with van der Waals surface area (Å²) in [6.45, 7) is 1.35. The lowest BCUT2D eigenvalue weighted by atomic mass is 9.61. The number of hydrogen-bond donors (Lipinski definition) is 1. The zero-order chi connectivity index (χ0) is 28.0. The highest BCUT2D eigenvalue weighted by Gasteiger charge is 2.57. The lowest BCUT2D eigenvalue weighted by Gasteiger charge is -2.43. The molecule has 0 amide bonds. The van der Waals surface area contributed by atoms with Crippen LogP contribution in [0.5, 0.6) is 11.5 Å². The second-order valence-electron chi connectivity index (χ2n) is 9.78. The summed E-state index contributed by atoms with van der Waals surface area (Å²) in [6.07, 6.45) is -0.410. The Morgan fingerprint density at radius 2 is 1.36 bits per heavy atom. The maximum absolute atomic E-state index is 13.6. The number of ketones is 1. The number of carbonyl (C=O) groups is 3. The Balaban J connectivity index is 1.72. The molecule has 4 rings (SSSR count). The molecular formula is C31H32O8. The van der Waals surface area contributed by atoms with E-state index in [1.165, 1.54) is 21.1 Å². The van der Waals surface area contributed by atoms with Gasteiger partial charge < -0.3 is 24.1 Å². The fourth-order valence-electron chi connectivity index (χ4n) is 5.11. The molecule has 3 aromatic carbocycles. The molecule has 204 valence electrons. The molecule has 0 unspecified atom stereocenters. The van der Waals surface area contributed by atoms with E-state index in [-0.39, 0.29) is 13.2 Å². The molecular weight excluding hydrogens is 500 g/mol. The van der Waals surface area contributed by atoms with Gasteiger partial charge in [-0.2, -0.15) is 0 Å². The van der Waals surface area contributed by atoms with Crippen LogP contribution >= 0.6 is 0 Å². The van der Waals surface area contributed by atoms with E-state index >= 15 is 0 Å². The third-order valence-corrected chi connectivity index (χ3v) is 7.02. The van der Waals surface area contributed by atoms with Crippen molar-refractivity contribution in [3.63, 3.8) is 0 Å². The third kappa shape index (κ3) is 6.29. The number of carbonyl (C=O) groups excluding carboxylic acids is 3. The van der Waals surface area contributed by atoms with Gasteiger partial charge in [0.15, 0.2) is 17.3 Å². The minimum absolute atomic E-state index is 0.0258. The highest BCUT2D eigenvalue weighted by atomic mass is 16.5. The summed E-state index contributed by atoms with van der Waals surface area (Å²) in [5.41, 5.74) is 0.171. The van der Waals surface area contributed by atoms with E-state index in [0.717, 1.165) is 11.1 Å². The van der Waals surface area contributed by atoms with E-state index in [4.69, 9.17) is 18.9 Å². The zero-order valence-electron chi connectivity index (χ0n) is 22.2. The van der Waals surface area contributed by atoms with Crippen LogP contribution in [-0.2, 0) is 37.1 Å². The normalized spacial score (nSPS) is 22.6. The molecule has 0 heterocycles. The predicted octanol–water partition coefficient (Wildman–Crippen LogP) is 4.23. The molecule has 1 fully saturated rings. The van der Waals surface area contributed by atoms with E-state index in [2.05, 4.69) is 0 Å². The predicted molar refractivity (Wildman–Crippen MR) is 142 cm³/mol. The Hall–Kier alpha value is -4.17. The first kappa shape index (κ1) is 27.9. The molecule has 0 spiro atoms. The SMILES string of the molecule is COc1ccc([C@@H]2[C@H](C(=O)OCc3ccccc3)C(=O)C[C@](C)(O)[C@@H]2C(=O)OCc2ccccc2)cc1OC. The second kappa shape index (κ2) is 12.1. The summed E-state index contributed by atoms with van der Waals surface area (Å²) in [5.74, 6) is -4.91. The second-order valence-corrected chi connectivity index (χ2v) is 9.78. The molecule has 8 nitrogen and oxygen atoms in total. The quantitative estimate of drug-likeness (QED) is 0.322. The van der Waals surface area contributed by atoms with Crippen molar-refractivity contribution in [2.75, 3.05) is 14.2 Å². The topological polar surface area (TPSA) is 108 Å². The van der Waals surface area contributed by atoms with Gasteiger partial charge >= 0.3 is 11.9 Å². The number of Topliss-reactive ketones (excluding diaryl/α,β-unsaturated/α-hetero) is 1. The molecule has 0 aromatic heterocycles. The molecule has 0 aliphatic heterocycles. The Morgan fingerprint density at radius 3 is 1.90 bits per heavy atom. The molecule has 4 atom stereocenters. The average molecular weight is 533 g/mol. The largest absolute Gasteiger partial charge is 0.493 e. The van der Waals surface area contributed by atoms with Gasteiger partial charge in [-0.1, -0.05) is 66.7 Å². The number of benzene rings is 3. The van der Waals surface area contributed by atoms with Crippen LogP contribution in [0.2, 0.25) is 0 Å². The zero-order valence-corrected chi connectivity index (χ0v) is 22.2. The first-order valence-corrected chi connectivity index (χ1v) is 12.6. The van der Waals surface area contributed by atoms with E-state index in [1.807, 2.05) is 48.5 Å². The van der Waals surface area contributed by atoms with Gasteiger partial charge in [-0.15, -0.1) is 0 Å². The van der Waals surface area contributed by atoms with E-state index < -0.39 is 47.5 Å². The molecule has 1 N–H and O–H groups in total. The fourth-order valence-corrected chi connectivity index (χ4v) is 5.11. The van der Waals surface area contributed by atoms with Crippen molar-refractivity contribution < 1.29 is 38.4 Å². The Kier molecular flexibility index (Phi) is 8.66. The lowest BCUT2D eigenvalue weighted by Crippen LogP contribution is -2.55. The smallest absolute Gasteiger partial charge is 0.317 e. The molecule has 3 aromatic rings. The average Bonchev–Trinajstić information content (AvgIpc) is 2.94. The molecule has 0 radical (unpaired) electrons. The third-order valence-electron chi connectivity index (χ3n) is 7.02. The standard InChI is InChI=1S/C31H32O8/c1-31(35)17-23(32)27(29(33)38-18-20-10-6-4-7-11-20)26(22-14-15-24(36-2)25(16-22)37-3)28(31)30(34)39-19-21-12-8-5-9-13-21/h4-16,26-28,35H,17-19H2,1-3H3/t26-,27-,28+,31+/m1/s1. The van der Waals surface area contributed by atoms with Gasteiger partial charge in [0.05, 0.1) is 25.7 Å². The van der Waals surface area contributed by atoms with E-state index in [1.54, 1.807) is 30.3 Å². The lowest BCUT2D eigenvalue weighted by molar-refractivity contribution is -0.174. The maximum Gasteiger partial charge on any atom is 0.317 e. The summed E-state index contributed by atoms with van der Waals surface area (Å²) in [6, 6.07) is 23.1. The molecule has 0 saturated heterocycles. The van der Waals surface area contributed by atoms with Crippen molar-refractivity contribution in [2.45, 2.75) is 38.1 Å². The van der Waals surface area contributed by atoms with Crippen molar-refractivity contribution in [3.8, 4) is 11.5 Å². The van der Waals surface area contributed by atoms with Crippen molar-refractivity contribution in [2.24, 2.45) is 11.8 Å². The van der Waals surface area contributed by atoms with Crippen molar-refractivity contribution >= 4 is 17.7 Å². The number of aliphatic hydroxyl groups is 1. The minimum Gasteiger partial charge on any atom is -0.493 e. The van der Waals surface area contributed by atoms with Gasteiger partial charge in [-0.25, -0.2) is 0 Å². The number of hydrogen-bond acceptors (Lipinski definition) is 8. The van der Waals surface area contributed by atoms with Gasteiger partial charge in [-0.3, -0.25) is 14.4 Å². The van der Waals surface area contributed by atoms with Gasteiger partial charge in [0.25, 0.3) is 0 Å². The molecule has 8 heteroatoms.